The summed E-state index contributed by atoms with van der Waals surface area (Å²) < 4.78 is 4.94. The Morgan fingerprint density at radius 2 is 2.47 bits per heavy atom. The van der Waals surface area contributed by atoms with Crippen LogP contribution in [0.4, 0.5) is 0 Å². The first-order valence-corrected chi connectivity index (χ1v) is 5.65. The van der Waals surface area contributed by atoms with Gasteiger partial charge in [0.2, 0.25) is 0 Å². The number of carbonyl (C=O) groups is 1. The highest BCUT2D eigenvalue weighted by atomic mass is 16.5. The normalized spacial score (nSPS) is 26.0. The van der Waals surface area contributed by atoms with Crippen LogP contribution in [0.15, 0.2) is 10.6 Å². The average molecular weight is 240 g/mol. The fraction of sp³-hybridized carbons (Fsp3) is 0.636. The van der Waals surface area contributed by atoms with Crippen LogP contribution in [-0.2, 0) is 6.54 Å². The standard InChI is InChI=1S/C11H16N2O4/c1-7-2-3-13(6-10(7)14)5-8-4-9(11(15)16)12-17-8/h4,7,10,14H,2-3,5-6H2,1H3,(H,15,16). The van der Waals surface area contributed by atoms with Crippen molar-refractivity contribution < 1.29 is 19.5 Å². The number of β-amino-alcohol motifs (C(OH)–C–C–N with tert-alkyl or cyclic N) is 1. The molecule has 6 heteroatoms. The molecule has 0 saturated carbocycles. The number of rotatable bonds is 3. The Hall–Kier alpha value is -1.40. The number of hydrogen-bond acceptors (Lipinski definition) is 5. The SMILES string of the molecule is CC1CCN(Cc2cc(C(=O)O)no2)CC1O. The topological polar surface area (TPSA) is 86.8 Å². The van der Waals surface area contributed by atoms with Crippen molar-refractivity contribution in [2.45, 2.75) is 26.0 Å². The Morgan fingerprint density at radius 3 is 3.06 bits per heavy atom. The van der Waals surface area contributed by atoms with Crippen molar-refractivity contribution in [1.82, 2.24) is 10.1 Å². The van der Waals surface area contributed by atoms with E-state index < -0.39 is 5.97 Å². The van der Waals surface area contributed by atoms with Gasteiger partial charge in [-0.3, -0.25) is 4.90 Å². The van der Waals surface area contributed by atoms with E-state index in [1.54, 1.807) is 0 Å². The summed E-state index contributed by atoms with van der Waals surface area (Å²) in [5, 5.41) is 21.9. The van der Waals surface area contributed by atoms with E-state index >= 15 is 0 Å². The minimum Gasteiger partial charge on any atom is -0.476 e. The van der Waals surface area contributed by atoms with Gasteiger partial charge in [-0.05, 0) is 18.9 Å². The molecule has 2 unspecified atom stereocenters. The highest BCUT2D eigenvalue weighted by Gasteiger charge is 2.25. The number of aliphatic hydroxyl groups is 1. The lowest BCUT2D eigenvalue weighted by atomic mass is 9.96. The van der Waals surface area contributed by atoms with Gasteiger partial charge in [0.05, 0.1) is 12.6 Å². The summed E-state index contributed by atoms with van der Waals surface area (Å²) in [5.41, 5.74) is -0.0778. The monoisotopic (exact) mass is 240 g/mol. The average Bonchev–Trinajstić information content (AvgIpc) is 2.72. The molecule has 0 aliphatic carbocycles. The molecule has 94 valence electrons. The molecule has 0 aromatic carbocycles. The van der Waals surface area contributed by atoms with Crippen LogP contribution in [0.25, 0.3) is 0 Å². The Morgan fingerprint density at radius 1 is 1.71 bits per heavy atom. The van der Waals surface area contributed by atoms with Gasteiger partial charge in [0.25, 0.3) is 0 Å². The number of hydrogen-bond donors (Lipinski definition) is 2. The van der Waals surface area contributed by atoms with E-state index in [1.165, 1.54) is 6.07 Å². The smallest absolute Gasteiger partial charge is 0.358 e. The maximum Gasteiger partial charge on any atom is 0.358 e. The first-order chi connectivity index (χ1) is 8.06. The summed E-state index contributed by atoms with van der Waals surface area (Å²) >= 11 is 0. The van der Waals surface area contributed by atoms with Gasteiger partial charge < -0.3 is 14.7 Å². The van der Waals surface area contributed by atoms with E-state index in [1.807, 2.05) is 11.8 Å². The summed E-state index contributed by atoms with van der Waals surface area (Å²) in [6.45, 7) is 3.98. The number of aliphatic hydroxyl groups excluding tert-OH is 1. The number of carboxylic acid groups (broad SMARTS) is 1. The van der Waals surface area contributed by atoms with Gasteiger partial charge in [-0.2, -0.15) is 0 Å². The summed E-state index contributed by atoms with van der Waals surface area (Å²) in [6.07, 6.45) is 0.604. The number of aromatic carboxylic acids is 1. The fourth-order valence-corrected chi connectivity index (χ4v) is 1.97. The zero-order valence-electron chi connectivity index (χ0n) is 9.67. The van der Waals surface area contributed by atoms with Crippen molar-refractivity contribution in [2.75, 3.05) is 13.1 Å². The second-order valence-corrected chi connectivity index (χ2v) is 4.55. The van der Waals surface area contributed by atoms with Crippen LogP contribution >= 0.6 is 0 Å². The number of carboxylic acids is 1. The van der Waals surface area contributed by atoms with Gasteiger partial charge in [-0.1, -0.05) is 12.1 Å². The van der Waals surface area contributed by atoms with Crippen LogP contribution in [0, 0.1) is 5.92 Å². The number of nitrogens with zero attached hydrogens (tertiary/aromatic N) is 2. The summed E-state index contributed by atoms with van der Waals surface area (Å²) in [5.74, 6) is -0.257. The van der Waals surface area contributed by atoms with E-state index in [0.717, 1.165) is 13.0 Å². The van der Waals surface area contributed by atoms with Crippen LogP contribution in [0.2, 0.25) is 0 Å². The Labute approximate surface area is 98.8 Å². The Kier molecular flexibility index (Phi) is 3.44. The lowest BCUT2D eigenvalue weighted by molar-refractivity contribution is 0.0227. The lowest BCUT2D eigenvalue weighted by Gasteiger charge is -2.33. The van der Waals surface area contributed by atoms with Crippen molar-refractivity contribution in [2.24, 2.45) is 5.92 Å². The molecule has 0 bridgehead atoms. The summed E-state index contributed by atoms with van der Waals surface area (Å²) in [4.78, 5) is 12.7. The fourth-order valence-electron chi connectivity index (χ4n) is 1.97. The van der Waals surface area contributed by atoms with E-state index in [0.29, 0.717) is 24.8 Å². The molecular weight excluding hydrogens is 224 g/mol. The summed E-state index contributed by atoms with van der Waals surface area (Å²) in [6, 6.07) is 1.42. The second-order valence-electron chi connectivity index (χ2n) is 4.55. The highest BCUT2D eigenvalue weighted by Crippen LogP contribution is 2.19. The summed E-state index contributed by atoms with van der Waals surface area (Å²) in [7, 11) is 0. The second kappa shape index (κ2) is 4.85. The molecule has 1 fully saturated rings. The van der Waals surface area contributed by atoms with Crippen LogP contribution < -0.4 is 0 Å². The van der Waals surface area contributed by atoms with Crippen LogP contribution in [0.1, 0.15) is 29.6 Å². The van der Waals surface area contributed by atoms with E-state index in [2.05, 4.69) is 5.16 Å². The van der Waals surface area contributed by atoms with Gasteiger partial charge in [0.15, 0.2) is 11.5 Å². The molecule has 0 amide bonds. The molecule has 1 aromatic heterocycles. The molecular formula is C11H16N2O4. The number of piperidine rings is 1. The molecule has 1 aromatic rings. The maximum absolute atomic E-state index is 10.6. The van der Waals surface area contributed by atoms with Gasteiger partial charge in [-0.25, -0.2) is 4.79 Å². The molecule has 1 aliphatic heterocycles. The zero-order chi connectivity index (χ0) is 12.4. The molecule has 2 heterocycles. The van der Waals surface area contributed by atoms with Gasteiger partial charge >= 0.3 is 5.97 Å². The predicted molar refractivity (Wildman–Crippen MR) is 58.5 cm³/mol. The Balaban J connectivity index is 1.94. The maximum atomic E-state index is 10.6. The van der Waals surface area contributed by atoms with E-state index in [9.17, 15) is 9.90 Å². The van der Waals surface area contributed by atoms with Crippen molar-refractivity contribution >= 4 is 5.97 Å². The third-order valence-electron chi connectivity index (χ3n) is 3.16. The van der Waals surface area contributed by atoms with Crippen molar-refractivity contribution in [1.29, 1.82) is 0 Å². The Bertz CT molecular complexity index is 404. The first-order valence-electron chi connectivity index (χ1n) is 5.65. The molecule has 1 aliphatic rings. The van der Waals surface area contributed by atoms with Gasteiger partial charge in [0.1, 0.15) is 0 Å². The van der Waals surface area contributed by atoms with E-state index in [-0.39, 0.29) is 11.8 Å². The van der Waals surface area contributed by atoms with Crippen LogP contribution in [0.5, 0.6) is 0 Å². The third kappa shape index (κ3) is 2.83. The molecule has 6 nitrogen and oxygen atoms in total. The largest absolute Gasteiger partial charge is 0.476 e. The molecule has 2 rings (SSSR count). The zero-order valence-corrected chi connectivity index (χ0v) is 9.67. The van der Waals surface area contributed by atoms with Crippen molar-refractivity contribution in [3.8, 4) is 0 Å². The molecule has 0 spiro atoms. The molecule has 2 atom stereocenters. The van der Waals surface area contributed by atoms with Crippen LogP contribution in [-0.4, -0.2) is 45.4 Å². The molecule has 1 saturated heterocycles. The lowest BCUT2D eigenvalue weighted by Crippen LogP contribution is -2.42. The van der Waals surface area contributed by atoms with E-state index in [4.69, 9.17) is 9.63 Å². The minimum atomic E-state index is -1.09. The predicted octanol–water partition coefficient (Wildman–Crippen LogP) is 0.575. The van der Waals surface area contributed by atoms with Gasteiger partial charge in [0, 0.05) is 12.6 Å². The number of likely N-dealkylation sites (tertiary alicyclic amines) is 1. The third-order valence-corrected chi connectivity index (χ3v) is 3.16. The quantitative estimate of drug-likeness (QED) is 0.803. The molecule has 17 heavy (non-hydrogen) atoms. The highest BCUT2D eigenvalue weighted by molar-refractivity contribution is 5.85. The molecule has 2 N–H and O–H groups in total. The van der Waals surface area contributed by atoms with Crippen molar-refractivity contribution in [3.05, 3.63) is 17.5 Å². The molecule has 0 radical (unpaired) electrons. The number of aromatic nitrogens is 1. The van der Waals surface area contributed by atoms with Gasteiger partial charge in [-0.15, -0.1) is 0 Å². The van der Waals surface area contributed by atoms with Crippen molar-refractivity contribution in [3.63, 3.8) is 0 Å². The minimum absolute atomic E-state index is 0.0778. The van der Waals surface area contributed by atoms with Crippen LogP contribution in [0.3, 0.4) is 0 Å². The first kappa shape index (κ1) is 12.1.